The SMILES string of the molecule is Cc1cc(C)c2ccc(C(=O)N3CCN4C(=O)OC[C@@H]4C3)cc2n1. The lowest BCUT2D eigenvalue weighted by atomic mass is 10.0. The molecule has 0 aliphatic carbocycles. The van der Waals surface area contributed by atoms with E-state index >= 15 is 0 Å². The minimum atomic E-state index is -0.270. The summed E-state index contributed by atoms with van der Waals surface area (Å²) in [4.78, 5) is 32.4. The van der Waals surface area contributed by atoms with E-state index in [9.17, 15) is 9.59 Å². The largest absolute Gasteiger partial charge is 0.447 e. The van der Waals surface area contributed by atoms with Gasteiger partial charge in [0.25, 0.3) is 5.91 Å². The van der Waals surface area contributed by atoms with Gasteiger partial charge < -0.3 is 9.64 Å². The van der Waals surface area contributed by atoms with Crippen molar-refractivity contribution < 1.29 is 14.3 Å². The molecule has 6 heteroatoms. The van der Waals surface area contributed by atoms with Crippen LogP contribution in [0.5, 0.6) is 0 Å². The number of fused-ring (bicyclic) bond motifs is 2. The van der Waals surface area contributed by atoms with Crippen LogP contribution in [0.4, 0.5) is 4.79 Å². The van der Waals surface area contributed by atoms with E-state index in [4.69, 9.17) is 4.74 Å². The van der Waals surface area contributed by atoms with Crippen LogP contribution in [0.2, 0.25) is 0 Å². The van der Waals surface area contributed by atoms with Crippen molar-refractivity contribution in [1.82, 2.24) is 14.8 Å². The van der Waals surface area contributed by atoms with Gasteiger partial charge in [0, 0.05) is 36.3 Å². The Morgan fingerprint density at radius 3 is 2.92 bits per heavy atom. The Kier molecular flexibility index (Phi) is 3.40. The van der Waals surface area contributed by atoms with Crippen molar-refractivity contribution >= 4 is 22.9 Å². The highest BCUT2D eigenvalue weighted by Gasteiger charge is 2.38. The third-order valence-corrected chi connectivity index (χ3v) is 4.80. The summed E-state index contributed by atoms with van der Waals surface area (Å²) in [5, 5.41) is 1.07. The van der Waals surface area contributed by atoms with Crippen LogP contribution in [0.15, 0.2) is 24.3 Å². The molecule has 3 heterocycles. The van der Waals surface area contributed by atoms with Gasteiger partial charge >= 0.3 is 6.09 Å². The monoisotopic (exact) mass is 325 g/mol. The molecule has 2 amide bonds. The van der Waals surface area contributed by atoms with Gasteiger partial charge in [0.2, 0.25) is 0 Å². The molecule has 2 aromatic rings. The lowest BCUT2D eigenvalue weighted by Crippen LogP contribution is -2.53. The molecule has 0 bridgehead atoms. The van der Waals surface area contributed by atoms with Crippen LogP contribution in [0.25, 0.3) is 10.9 Å². The number of amides is 2. The first-order valence-electron chi connectivity index (χ1n) is 8.13. The zero-order valence-corrected chi connectivity index (χ0v) is 13.8. The zero-order chi connectivity index (χ0) is 16.8. The summed E-state index contributed by atoms with van der Waals surface area (Å²) < 4.78 is 5.06. The van der Waals surface area contributed by atoms with Crippen molar-refractivity contribution in [2.75, 3.05) is 26.2 Å². The first-order valence-corrected chi connectivity index (χ1v) is 8.13. The standard InChI is InChI=1S/C18H19N3O3/c1-11-7-12(2)19-16-8-13(3-4-15(11)16)17(22)20-5-6-21-14(9-20)10-24-18(21)23/h3-4,7-8,14H,5-6,9-10H2,1-2H3/t14-/m0/s1. The van der Waals surface area contributed by atoms with E-state index in [1.54, 1.807) is 9.80 Å². The number of piperazine rings is 1. The molecule has 0 unspecified atom stereocenters. The molecule has 0 saturated carbocycles. The summed E-state index contributed by atoms with van der Waals surface area (Å²) in [7, 11) is 0. The predicted molar refractivity (Wildman–Crippen MR) is 89.0 cm³/mol. The van der Waals surface area contributed by atoms with Crippen molar-refractivity contribution in [3.8, 4) is 0 Å². The quantitative estimate of drug-likeness (QED) is 0.806. The number of hydrogen-bond acceptors (Lipinski definition) is 4. The van der Waals surface area contributed by atoms with Crippen LogP contribution in [-0.4, -0.2) is 59.1 Å². The third-order valence-electron chi connectivity index (χ3n) is 4.80. The average molecular weight is 325 g/mol. The van der Waals surface area contributed by atoms with Crippen molar-refractivity contribution in [3.63, 3.8) is 0 Å². The number of cyclic esters (lactones) is 1. The van der Waals surface area contributed by atoms with Crippen LogP contribution in [0.3, 0.4) is 0 Å². The molecule has 1 aromatic heterocycles. The number of carbonyl (C=O) groups excluding carboxylic acids is 2. The van der Waals surface area contributed by atoms with Crippen molar-refractivity contribution in [1.29, 1.82) is 0 Å². The van der Waals surface area contributed by atoms with Gasteiger partial charge in [-0.15, -0.1) is 0 Å². The van der Waals surface area contributed by atoms with Gasteiger partial charge in [0.15, 0.2) is 0 Å². The van der Waals surface area contributed by atoms with Gasteiger partial charge in [-0.2, -0.15) is 0 Å². The highest BCUT2D eigenvalue weighted by Crippen LogP contribution is 2.22. The topological polar surface area (TPSA) is 62.7 Å². The molecule has 2 saturated heterocycles. The van der Waals surface area contributed by atoms with Crippen molar-refractivity contribution in [2.24, 2.45) is 0 Å². The number of aryl methyl sites for hydroxylation is 2. The van der Waals surface area contributed by atoms with E-state index in [1.807, 2.05) is 31.2 Å². The lowest BCUT2D eigenvalue weighted by molar-refractivity contribution is 0.0617. The number of rotatable bonds is 1. The van der Waals surface area contributed by atoms with Crippen LogP contribution in [0.1, 0.15) is 21.6 Å². The van der Waals surface area contributed by atoms with E-state index in [0.717, 1.165) is 22.2 Å². The Hall–Kier alpha value is -2.63. The van der Waals surface area contributed by atoms with Gasteiger partial charge in [-0.25, -0.2) is 4.79 Å². The summed E-state index contributed by atoms with van der Waals surface area (Å²) in [6, 6.07) is 7.69. The molecule has 0 spiro atoms. The fraction of sp³-hybridized carbons (Fsp3) is 0.389. The summed E-state index contributed by atoms with van der Waals surface area (Å²) in [6.45, 7) is 5.94. The summed E-state index contributed by atoms with van der Waals surface area (Å²) >= 11 is 0. The number of benzene rings is 1. The Morgan fingerprint density at radius 1 is 1.25 bits per heavy atom. The lowest BCUT2D eigenvalue weighted by Gasteiger charge is -2.35. The first-order chi connectivity index (χ1) is 11.5. The highest BCUT2D eigenvalue weighted by atomic mass is 16.6. The zero-order valence-electron chi connectivity index (χ0n) is 13.8. The molecule has 2 aliphatic heterocycles. The Labute approximate surface area is 140 Å². The average Bonchev–Trinajstić information content (AvgIpc) is 2.94. The number of carbonyl (C=O) groups is 2. The minimum Gasteiger partial charge on any atom is -0.447 e. The molecular weight excluding hydrogens is 306 g/mol. The molecule has 1 atom stereocenters. The first kappa shape index (κ1) is 14.9. The van der Waals surface area contributed by atoms with Crippen LogP contribution >= 0.6 is 0 Å². The number of hydrogen-bond donors (Lipinski definition) is 0. The van der Waals surface area contributed by atoms with Crippen LogP contribution < -0.4 is 0 Å². The van der Waals surface area contributed by atoms with Gasteiger partial charge in [-0.3, -0.25) is 14.7 Å². The number of pyridine rings is 1. The van der Waals surface area contributed by atoms with Crippen molar-refractivity contribution in [3.05, 3.63) is 41.1 Å². The molecule has 6 nitrogen and oxygen atoms in total. The van der Waals surface area contributed by atoms with E-state index < -0.39 is 0 Å². The molecule has 2 aliphatic rings. The van der Waals surface area contributed by atoms with E-state index in [-0.39, 0.29) is 18.0 Å². The van der Waals surface area contributed by atoms with Gasteiger partial charge in [0.05, 0.1) is 11.6 Å². The van der Waals surface area contributed by atoms with Crippen LogP contribution in [0, 0.1) is 13.8 Å². The molecule has 0 radical (unpaired) electrons. The normalized spacial score (nSPS) is 20.2. The maximum absolute atomic E-state index is 12.8. The Bertz CT molecular complexity index is 849. The number of ether oxygens (including phenoxy) is 1. The fourth-order valence-corrected chi connectivity index (χ4v) is 3.56. The van der Waals surface area contributed by atoms with E-state index in [0.29, 0.717) is 31.8 Å². The molecular formula is C18H19N3O3. The fourth-order valence-electron chi connectivity index (χ4n) is 3.56. The van der Waals surface area contributed by atoms with Crippen molar-refractivity contribution in [2.45, 2.75) is 19.9 Å². The smallest absolute Gasteiger partial charge is 0.410 e. The number of nitrogens with zero attached hydrogens (tertiary/aromatic N) is 3. The molecule has 0 N–H and O–H groups in total. The minimum absolute atomic E-state index is 0.0168. The second kappa shape index (κ2) is 5.47. The Balaban J connectivity index is 1.60. The maximum atomic E-state index is 12.8. The summed E-state index contributed by atoms with van der Waals surface area (Å²) in [5.74, 6) is -0.0168. The maximum Gasteiger partial charge on any atom is 0.410 e. The highest BCUT2D eigenvalue weighted by molar-refractivity contribution is 5.98. The summed E-state index contributed by atoms with van der Waals surface area (Å²) in [5.41, 5.74) is 3.58. The molecule has 124 valence electrons. The molecule has 2 fully saturated rings. The molecule has 4 rings (SSSR count). The third kappa shape index (κ3) is 2.38. The van der Waals surface area contributed by atoms with Crippen LogP contribution in [-0.2, 0) is 4.74 Å². The second-order valence-corrected chi connectivity index (χ2v) is 6.49. The second-order valence-electron chi connectivity index (χ2n) is 6.49. The Morgan fingerprint density at radius 2 is 2.08 bits per heavy atom. The van der Waals surface area contributed by atoms with Gasteiger partial charge in [-0.05, 0) is 37.6 Å². The van der Waals surface area contributed by atoms with E-state index in [2.05, 4.69) is 11.9 Å². The number of aromatic nitrogens is 1. The van der Waals surface area contributed by atoms with Gasteiger partial charge in [0.1, 0.15) is 6.61 Å². The molecule has 1 aromatic carbocycles. The molecule has 24 heavy (non-hydrogen) atoms. The summed E-state index contributed by atoms with van der Waals surface area (Å²) in [6.07, 6.45) is -0.270. The predicted octanol–water partition coefficient (Wildman–Crippen LogP) is 2.13. The van der Waals surface area contributed by atoms with E-state index in [1.165, 1.54) is 0 Å². The van der Waals surface area contributed by atoms with Gasteiger partial charge in [-0.1, -0.05) is 6.07 Å².